The maximum atomic E-state index is 12.4. The van der Waals surface area contributed by atoms with Gasteiger partial charge in [-0.05, 0) is 77.0 Å². The van der Waals surface area contributed by atoms with Gasteiger partial charge in [-0.15, -0.1) is 0 Å². The first kappa shape index (κ1) is 64.1. The zero-order chi connectivity index (χ0) is 47.9. The molecule has 66 heavy (non-hydrogen) atoms. The van der Waals surface area contributed by atoms with Gasteiger partial charge in [-0.1, -0.05) is 256 Å². The number of carbonyl (C=O) groups is 2. The zero-order valence-electron chi connectivity index (χ0n) is 44.2. The minimum absolute atomic E-state index is 0.00153. The normalized spacial score (nSPS) is 12.8. The van der Waals surface area contributed by atoms with Crippen molar-refractivity contribution in [3.8, 4) is 0 Å². The Hall–Kier alpha value is -1.92. The van der Waals surface area contributed by atoms with E-state index in [1.54, 1.807) is 0 Å². The molecule has 0 aromatic carbocycles. The molecule has 0 bridgehead atoms. The van der Waals surface area contributed by atoms with E-state index in [0.29, 0.717) is 25.9 Å². The molecule has 2 atom stereocenters. The van der Waals surface area contributed by atoms with Crippen LogP contribution in [0.2, 0.25) is 0 Å². The van der Waals surface area contributed by atoms with E-state index in [0.717, 1.165) is 51.4 Å². The van der Waals surface area contributed by atoms with Gasteiger partial charge in [-0.2, -0.15) is 0 Å². The Labute approximate surface area is 411 Å². The Morgan fingerprint density at radius 2 is 0.773 bits per heavy atom. The predicted molar refractivity (Wildman–Crippen MR) is 287 cm³/mol. The molecule has 0 aromatic heterocycles. The highest BCUT2D eigenvalue weighted by Crippen LogP contribution is 2.17. The van der Waals surface area contributed by atoms with Crippen molar-refractivity contribution in [1.29, 1.82) is 0 Å². The number of nitrogens with one attached hydrogen (secondary N) is 1. The van der Waals surface area contributed by atoms with E-state index in [4.69, 9.17) is 4.74 Å². The van der Waals surface area contributed by atoms with Crippen LogP contribution in [0.5, 0.6) is 0 Å². The summed E-state index contributed by atoms with van der Waals surface area (Å²) < 4.78 is 5.47. The monoisotopic (exact) mass is 928 g/mol. The van der Waals surface area contributed by atoms with Crippen molar-refractivity contribution >= 4 is 11.9 Å². The van der Waals surface area contributed by atoms with Gasteiger partial charge in [0.25, 0.3) is 0 Å². The van der Waals surface area contributed by atoms with Gasteiger partial charge in [0, 0.05) is 12.8 Å². The molecule has 0 saturated heterocycles. The highest BCUT2D eigenvalue weighted by molar-refractivity contribution is 5.76. The lowest BCUT2D eigenvalue weighted by molar-refractivity contribution is -0.143. The summed E-state index contributed by atoms with van der Waals surface area (Å²) in [6.07, 6.45) is 68.6. The number of hydrogen-bond acceptors (Lipinski definition) is 5. The average molecular weight is 929 g/mol. The summed E-state index contributed by atoms with van der Waals surface area (Å²) in [5.74, 6) is -0.0413. The molecule has 2 unspecified atom stereocenters. The van der Waals surface area contributed by atoms with Crippen LogP contribution in [0.1, 0.15) is 309 Å². The van der Waals surface area contributed by atoms with E-state index in [1.165, 1.54) is 225 Å². The van der Waals surface area contributed by atoms with Crippen molar-refractivity contribution in [3.05, 3.63) is 36.5 Å². The zero-order valence-corrected chi connectivity index (χ0v) is 44.2. The summed E-state index contributed by atoms with van der Waals surface area (Å²) in [4.78, 5) is 24.4. The van der Waals surface area contributed by atoms with E-state index >= 15 is 0 Å². The Morgan fingerprint density at radius 3 is 1.21 bits per heavy atom. The lowest BCUT2D eigenvalue weighted by Crippen LogP contribution is -2.45. The molecule has 0 aliphatic heterocycles. The lowest BCUT2D eigenvalue weighted by Gasteiger charge is -2.22. The number of hydrogen-bond donors (Lipinski definition) is 3. The van der Waals surface area contributed by atoms with E-state index < -0.39 is 12.1 Å². The molecular formula is C60H113NO5. The molecule has 0 heterocycles. The van der Waals surface area contributed by atoms with Gasteiger partial charge >= 0.3 is 5.97 Å². The summed E-state index contributed by atoms with van der Waals surface area (Å²) >= 11 is 0. The molecule has 0 radical (unpaired) electrons. The summed E-state index contributed by atoms with van der Waals surface area (Å²) in [5, 5.41) is 23.1. The number of unbranched alkanes of at least 4 members (excludes halogenated alkanes) is 37. The van der Waals surface area contributed by atoms with Gasteiger partial charge in [-0.3, -0.25) is 9.59 Å². The molecule has 3 N–H and O–H groups in total. The minimum atomic E-state index is -0.664. The third-order valence-corrected chi connectivity index (χ3v) is 13.4. The van der Waals surface area contributed by atoms with Crippen molar-refractivity contribution in [3.63, 3.8) is 0 Å². The number of amides is 1. The van der Waals surface area contributed by atoms with Crippen molar-refractivity contribution in [2.45, 2.75) is 321 Å². The quantitative estimate of drug-likeness (QED) is 0.0321. The molecule has 0 saturated carbocycles. The van der Waals surface area contributed by atoms with Crippen molar-refractivity contribution in [2.75, 3.05) is 13.2 Å². The summed E-state index contributed by atoms with van der Waals surface area (Å²) in [5.41, 5.74) is 0. The maximum absolute atomic E-state index is 12.4. The molecular weight excluding hydrogens is 815 g/mol. The number of allylic oxidation sites excluding steroid dienone is 6. The first-order valence-electron chi connectivity index (χ1n) is 29.2. The second kappa shape index (κ2) is 55.7. The maximum Gasteiger partial charge on any atom is 0.305 e. The van der Waals surface area contributed by atoms with E-state index in [9.17, 15) is 19.8 Å². The van der Waals surface area contributed by atoms with E-state index in [2.05, 4.69) is 55.6 Å². The Bertz CT molecular complexity index is 1070. The second-order valence-corrected chi connectivity index (χ2v) is 20.0. The average Bonchev–Trinajstić information content (AvgIpc) is 3.32. The van der Waals surface area contributed by atoms with Gasteiger partial charge < -0.3 is 20.3 Å². The fraction of sp³-hybridized carbons (Fsp3) is 0.867. The molecule has 0 spiro atoms. The smallest absolute Gasteiger partial charge is 0.305 e. The third kappa shape index (κ3) is 51.5. The second-order valence-electron chi connectivity index (χ2n) is 20.0. The molecule has 0 aliphatic rings. The molecule has 1 amide bonds. The van der Waals surface area contributed by atoms with E-state index in [1.807, 2.05) is 0 Å². The first-order chi connectivity index (χ1) is 32.5. The molecule has 388 valence electrons. The molecule has 6 heteroatoms. The molecule has 0 rings (SSSR count). The third-order valence-electron chi connectivity index (χ3n) is 13.4. The van der Waals surface area contributed by atoms with Crippen molar-refractivity contribution in [2.24, 2.45) is 0 Å². The highest BCUT2D eigenvalue weighted by Gasteiger charge is 2.20. The summed E-state index contributed by atoms with van der Waals surface area (Å²) in [6.45, 7) is 4.89. The van der Waals surface area contributed by atoms with Crippen LogP contribution in [0.3, 0.4) is 0 Å². The van der Waals surface area contributed by atoms with Crippen LogP contribution >= 0.6 is 0 Å². The fourth-order valence-corrected chi connectivity index (χ4v) is 8.89. The number of aliphatic hydroxyl groups excluding tert-OH is 2. The van der Waals surface area contributed by atoms with Crippen molar-refractivity contribution in [1.82, 2.24) is 5.32 Å². The van der Waals surface area contributed by atoms with Crippen LogP contribution in [0.4, 0.5) is 0 Å². The van der Waals surface area contributed by atoms with Crippen LogP contribution in [0.25, 0.3) is 0 Å². The lowest BCUT2D eigenvalue weighted by atomic mass is 10.0. The summed E-state index contributed by atoms with van der Waals surface area (Å²) in [6, 6.07) is -0.542. The van der Waals surface area contributed by atoms with Crippen LogP contribution in [-0.2, 0) is 14.3 Å². The predicted octanol–water partition coefficient (Wildman–Crippen LogP) is 18.0. The fourth-order valence-electron chi connectivity index (χ4n) is 8.89. The number of aliphatic hydroxyl groups is 2. The van der Waals surface area contributed by atoms with Crippen molar-refractivity contribution < 1.29 is 24.5 Å². The number of rotatable bonds is 54. The summed E-state index contributed by atoms with van der Waals surface area (Å²) in [7, 11) is 0. The SMILES string of the molecule is CCCC/C=C\C/C=C\CCCCCCCC(=O)OCCCCCCCCCCCCCC/C=C\CCCCCCCCCCCC(=O)NC(CO)C(O)CCCCCCCCCCCC. The highest BCUT2D eigenvalue weighted by atomic mass is 16.5. The standard InChI is InChI=1S/C60H113NO5/c1-3-5-7-9-11-13-15-16-31-34-38-42-46-50-54-60(65)66-55-51-47-43-39-35-32-29-27-25-23-21-19-17-18-20-22-24-26-28-30-33-37-41-45-49-53-59(64)61-57(56-62)58(63)52-48-44-40-36-14-12-10-8-6-4-2/h9,11,15-16,18,20,57-58,62-63H,3-8,10,12-14,17,19,21-56H2,1-2H3,(H,61,64)/b11-9-,16-15-,20-18-. The Morgan fingerprint density at radius 1 is 0.424 bits per heavy atom. The van der Waals surface area contributed by atoms with Gasteiger partial charge in [0.15, 0.2) is 0 Å². The Kier molecular flexibility index (Phi) is 54.1. The minimum Gasteiger partial charge on any atom is -0.466 e. The molecule has 0 aromatic rings. The molecule has 0 fully saturated rings. The number of carbonyl (C=O) groups excluding carboxylic acids is 2. The van der Waals surface area contributed by atoms with Gasteiger partial charge in [0.1, 0.15) is 0 Å². The van der Waals surface area contributed by atoms with E-state index in [-0.39, 0.29) is 18.5 Å². The number of esters is 1. The van der Waals surface area contributed by atoms with Gasteiger partial charge in [0.05, 0.1) is 25.4 Å². The van der Waals surface area contributed by atoms with Crippen LogP contribution in [0.15, 0.2) is 36.5 Å². The topological polar surface area (TPSA) is 95.9 Å². The number of ether oxygens (including phenoxy) is 1. The van der Waals surface area contributed by atoms with Crippen LogP contribution in [-0.4, -0.2) is 47.4 Å². The molecule has 0 aliphatic carbocycles. The van der Waals surface area contributed by atoms with Gasteiger partial charge in [0.2, 0.25) is 5.91 Å². The van der Waals surface area contributed by atoms with Gasteiger partial charge in [-0.25, -0.2) is 0 Å². The van der Waals surface area contributed by atoms with Crippen LogP contribution < -0.4 is 5.32 Å². The Balaban J connectivity index is 3.38. The first-order valence-corrected chi connectivity index (χ1v) is 29.2. The largest absolute Gasteiger partial charge is 0.466 e. The van der Waals surface area contributed by atoms with Crippen LogP contribution in [0, 0.1) is 0 Å². The molecule has 6 nitrogen and oxygen atoms in total.